The summed E-state index contributed by atoms with van der Waals surface area (Å²) in [6.07, 6.45) is -1.23. The lowest BCUT2D eigenvalue weighted by Crippen LogP contribution is -2.20. The van der Waals surface area contributed by atoms with Gasteiger partial charge in [-0.3, -0.25) is 9.48 Å². The number of carbonyl (C=O) groups excluding carboxylic acids is 2. The van der Waals surface area contributed by atoms with Gasteiger partial charge in [-0.1, -0.05) is 6.07 Å². The Kier molecular flexibility index (Phi) is 6.05. The Labute approximate surface area is 169 Å². The molecular weight excluding hydrogens is 399 g/mol. The summed E-state index contributed by atoms with van der Waals surface area (Å²) in [5, 5.41) is 11.8. The number of hydrogen-bond donors (Lipinski definition) is 3. The molecule has 3 N–H and O–H groups in total. The van der Waals surface area contributed by atoms with Crippen LogP contribution in [-0.2, 0) is 12.7 Å². The van der Waals surface area contributed by atoms with Gasteiger partial charge in [0.25, 0.3) is 5.91 Å². The van der Waals surface area contributed by atoms with Crippen LogP contribution in [0.15, 0.2) is 60.9 Å². The molecule has 0 atom stereocenters. The van der Waals surface area contributed by atoms with Gasteiger partial charge in [-0.2, -0.15) is 18.3 Å². The molecule has 1 heterocycles. The molecule has 156 valence electrons. The highest BCUT2D eigenvalue weighted by Gasteiger charge is 2.29. The van der Waals surface area contributed by atoms with Crippen LogP contribution in [-0.4, -0.2) is 21.7 Å². The molecule has 7 nitrogen and oxygen atoms in total. The van der Waals surface area contributed by atoms with E-state index in [1.54, 1.807) is 29.1 Å². The Bertz CT molecular complexity index is 1050. The number of nitrogens with zero attached hydrogens (tertiary/aromatic N) is 2. The predicted molar refractivity (Wildman–Crippen MR) is 106 cm³/mol. The third-order valence-corrected chi connectivity index (χ3v) is 4.07. The first-order chi connectivity index (χ1) is 14.2. The number of carbonyl (C=O) groups is 2. The van der Waals surface area contributed by atoms with Gasteiger partial charge in [0.1, 0.15) is 0 Å². The maximum atomic E-state index is 12.6. The normalized spacial score (nSPS) is 11.1. The van der Waals surface area contributed by atoms with Gasteiger partial charge in [-0.25, -0.2) is 4.79 Å². The predicted octanol–water partition coefficient (Wildman–Crippen LogP) is 4.82. The van der Waals surface area contributed by atoms with Gasteiger partial charge < -0.3 is 16.0 Å². The first-order valence-electron chi connectivity index (χ1n) is 8.94. The number of aryl methyl sites for hydroxylation is 1. The van der Waals surface area contributed by atoms with E-state index in [1.807, 2.05) is 6.92 Å². The quantitative estimate of drug-likeness (QED) is 0.556. The van der Waals surface area contributed by atoms with Gasteiger partial charge >= 0.3 is 12.2 Å². The molecule has 30 heavy (non-hydrogen) atoms. The topological polar surface area (TPSA) is 88.0 Å². The Morgan fingerprint density at radius 2 is 1.67 bits per heavy atom. The zero-order valence-electron chi connectivity index (χ0n) is 15.8. The van der Waals surface area contributed by atoms with Crippen molar-refractivity contribution in [3.63, 3.8) is 0 Å². The number of nitrogens with one attached hydrogen (secondary N) is 3. The van der Waals surface area contributed by atoms with Crippen molar-refractivity contribution in [3.05, 3.63) is 72.1 Å². The van der Waals surface area contributed by atoms with E-state index >= 15 is 0 Å². The van der Waals surface area contributed by atoms with Crippen molar-refractivity contribution in [2.75, 3.05) is 16.0 Å². The lowest BCUT2D eigenvalue weighted by Gasteiger charge is -2.10. The molecule has 3 aromatic rings. The minimum atomic E-state index is -4.45. The van der Waals surface area contributed by atoms with Crippen LogP contribution in [0.25, 0.3) is 0 Å². The number of urea groups is 1. The second-order valence-electron chi connectivity index (χ2n) is 6.27. The largest absolute Gasteiger partial charge is 0.416 e. The first-order valence-corrected chi connectivity index (χ1v) is 8.94. The minimum absolute atomic E-state index is 0.197. The van der Waals surface area contributed by atoms with Crippen molar-refractivity contribution in [2.24, 2.45) is 0 Å². The number of anilines is 3. The van der Waals surface area contributed by atoms with Crippen LogP contribution < -0.4 is 16.0 Å². The lowest BCUT2D eigenvalue weighted by molar-refractivity contribution is -0.137. The number of amides is 3. The SMILES string of the molecule is CCn1cc(NC(=O)c2cccc(NC(=O)Nc3ccc(C(F)(F)F)cc3)c2)cn1. The fourth-order valence-corrected chi connectivity index (χ4v) is 2.58. The zero-order valence-corrected chi connectivity index (χ0v) is 15.8. The summed E-state index contributed by atoms with van der Waals surface area (Å²) >= 11 is 0. The van der Waals surface area contributed by atoms with E-state index in [1.165, 1.54) is 12.3 Å². The standard InChI is InChI=1S/C20H18F3N5O2/c1-2-28-12-17(11-24-28)25-18(29)13-4-3-5-16(10-13)27-19(30)26-15-8-6-14(7-9-15)20(21,22)23/h3-12H,2H2,1H3,(H,25,29)(H2,26,27,30). The molecule has 1 aromatic heterocycles. The van der Waals surface area contributed by atoms with Crippen molar-refractivity contribution in [3.8, 4) is 0 Å². The number of benzene rings is 2. The molecule has 3 amide bonds. The molecule has 0 radical (unpaired) electrons. The number of aromatic nitrogens is 2. The Balaban J connectivity index is 1.61. The molecule has 0 aliphatic heterocycles. The molecule has 0 aliphatic carbocycles. The van der Waals surface area contributed by atoms with Crippen LogP contribution in [0.5, 0.6) is 0 Å². The summed E-state index contributed by atoms with van der Waals surface area (Å²) in [4.78, 5) is 24.5. The van der Waals surface area contributed by atoms with E-state index in [4.69, 9.17) is 0 Å². The summed E-state index contributed by atoms with van der Waals surface area (Å²) in [6, 6.07) is 9.64. The molecule has 0 aliphatic rings. The van der Waals surface area contributed by atoms with E-state index in [2.05, 4.69) is 21.0 Å². The van der Waals surface area contributed by atoms with Gasteiger partial charge in [0.05, 0.1) is 17.4 Å². The smallest absolute Gasteiger partial charge is 0.319 e. The van der Waals surface area contributed by atoms with E-state index < -0.39 is 17.8 Å². The molecule has 0 saturated carbocycles. The van der Waals surface area contributed by atoms with E-state index in [0.717, 1.165) is 24.3 Å². The first kappa shape index (κ1) is 20.9. The van der Waals surface area contributed by atoms with Crippen molar-refractivity contribution < 1.29 is 22.8 Å². The highest BCUT2D eigenvalue weighted by molar-refractivity contribution is 6.06. The summed E-state index contributed by atoms with van der Waals surface area (Å²) < 4.78 is 39.4. The van der Waals surface area contributed by atoms with Crippen LogP contribution in [0.3, 0.4) is 0 Å². The van der Waals surface area contributed by atoms with Gasteiger partial charge in [0.2, 0.25) is 0 Å². The molecule has 3 rings (SSSR count). The molecule has 10 heteroatoms. The van der Waals surface area contributed by atoms with Crippen molar-refractivity contribution in [1.82, 2.24) is 9.78 Å². The number of halogens is 3. The highest BCUT2D eigenvalue weighted by atomic mass is 19.4. The van der Waals surface area contributed by atoms with Crippen molar-refractivity contribution in [2.45, 2.75) is 19.6 Å². The maximum Gasteiger partial charge on any atom is 0.416 e. The zero-order chi connectivity index (χ0) is 21.7. The third kappa shape index (κ3) is 5.37. The third-order valence-electron chi connectivity index (χ3n) is 4.07. The van der Waals surface area contributed by atoms with E-state index in [0.29, 0.717) is 23.5 Å². The summed E-state index contributed by atoms with van der Waals surface area (Å²) in [7, 11) is 0. The van der Waals surface area contributed by atoms with E-state index in [-0.39, 0.29) is 11.6 Å². The second kappa shape index (κ2) is 8.68. The molecule has 0 spiro atoms. The Morgan fingerprint density at radius 1 is 0.967 bits per heavy atom. The number of rotatable bonds is 5. The number of alkyl halides is 3. The molecule has 0 bridgehead atoms. The van der Waals surface area contributed by atoms with Gasteiger partial charge in [0.15, 0.2) is 0 Å². The molecule has 0 unspecified atom stereocenters. The number of hydrogen-bond acceptors (Lipinski definition) is 3. The van der Waals surface area contributed by atoms with E-state index in [9.17, 15) is 22.8 Å². The van der Waals surface area contributed by atoms with Gasteiger partial charge in [-0.15, -0.1) is 0 Å². The molecule has 2 aromatic carbocycles. The molecule has 0 fully saturated rings. The second-order valence-corrected chi connectivity index (χ2v) is 6.27. The molecular formula is C20H18F3N5O2. The fourth-order valence-electron chi connectivity index (χ4n) is 2.58. The minimum Gasteiger partial charge on any atom is -0.319 e. The van der Waals surface area contributed by atoms with Crippen molar-refractivity contribution in [1.29, 1.82) is 0 Å². The monoisotopic (exact) mass is 417 g/mol. The molecule has 0 saturated heterocycles. The van der Waals surface area contributed by atoms with Crippen LogP contribution in [0.4, 0.5) is 35.0 Å². The average Bonchev–Trinajstić information content (AvgIpc) is 3.15. The van der Waals surface area contributed by atoms with Gasteiger partial charge in [-0.05, 0) is 49.4 Å². The Hall–Kier alpha value is -3.82. The van der Waals surface area contributed by atoms with Crippen LogP contribution in [0.2, 0.25) is 0 Å². The summed E-state index contributed by atoms with van der Waals surface area (Å²) in [5.74, 6) is -0.377. The summed E-state index contributed by atoms with van der Waals surface area (Å²) in [6.45, 7) is 2.59. The van der Waals surface area contributed by atoms with Crippen molar-refractivity contribution >= 4 is 29.0 Å². The highest BCUT2D eigenvalue weighted by Crippen LogP contribution is 2.29. The summed E-state index contributed by atoms with van der Waals surface area (Å²) in [5.41, 5.74) is 0.585. The average molecular weight is 417 g/mol. The van der Waals surface area contributed by atoms with Crippen LogP contribution in [0.1, 0.15) is 22.8 Å². The fraction of sp³-hybridized carbons (Fsp3) is 0.150. The van der Waals surface area contributed by atoms with Crippen LogP contribution in [0, 0.1) is 0 Å². The maximum absolute atomic E-state index is 12.6. The Morgan fingerprint density at radius 3 is 2.30 bits per heavy atom. The lowest BCUT2D eigenvalue weighted by atomic mass is 10.2. The van der Waals surface area contributed by atoms with Crippen LogP contribution >= 0.6 is 0 Å². The van der Waals surface area contributed by atoms with Gasteiger partial charge in [0, 0.05) is 29.7 Å².